The highest BCUT2D eigenvalue weighted by Crippen LogP contribution is 2.45. The van der Waals surface area contributed by atoms with Crippen LogP contribution in [-0.4, -0.2) is 67.2 Å². The van der Waals surface area contributed by atoms with Gasteiger partial charge in [0.15, 0.2) is 25.5 Å². The summed E-state index contributed by atoms with van der Waals surface area (Å²) in [6.07, 6.45) is -1.03. The number of rotatable bonds is 0. The lowest BCUT2D eigenvalue weighted by Gasteiger charge is -2.35. The van der Waals surface area contributed by atoms with E-state index in [0.29, 0.717) is 0 Å². The first-order valence-corrected chi connectivity index (χ1v) is 5.86. The van der Waals surface area contributed by atoms with E-state index < -0.39 is 22.7 Å². The summed E-state index contributed by atoms with van der Waals surface area (Å²) in [4.78, 5) is 0. The first-order chi connectivity index (χ1) is 9.10. The molecule has 2 aliphatic rings. The fourth-order valence-corrected chi connectivity index (χ4v) is 2.84. The molecule has 0 saturated carbocycles. The highest BCUT2D eigenvalue weighted by molar-refractivity contribution is 6.53. The van der Waals surface area contributed by atoms with E-state index in [9.17, 15) is 0 Å². The van der Waals surface area contributed by atoms with Gasteiger partial charge in [-0.05, 0) is 17.0 Å². The molecule has 3 nitrogen and oxygen atoms in total. The summed E-state index contributed by atoms with van der Waals surface area (Å²) in [5, 5.41) is -3.11. The summed E-state index contributed by atoms with van der Waals surface area (Å²) in [5.74, 6) is 0.331. The van der Waals surface area contributed by atoms with Crippen LogP contribution in [0.4, 0.5) is 0 Å². The molecule has 0 aromatic heterocycles. The minimum absolute atomic E-state index is 0.121. The number of fused-ring (bicyclic) bond motifs is 2. The van der Waals surface area contributed by atoms with Crippen molar-refractivity contribution in [2.75, 3.05) is 0 Å². The molecule has 10 heteroatoms. The minimum Gasteiger partial charge on any atom is -0.462 e. The lowest BCUT2D eigenvalue weighted by Crippen LogP contribution is -2.54. The first-order valence-electron chi connectivity index (χ1n) is 5.86. The van der Waals surface area contributed by atoms with Gasteiger partial charge in [0.05, 0.1) is 31.4 Å². The average molecular weight is 246 g/mol. The summed E-state index contributed by atoms with van der Waals surface area (Å²) >= 11 is 0. The van der Waals surface area contributed by atoms with Gasteiger partial charge >= 0.3 is 0 Å². The van der Waals surface area contributed by atoms with Gasteiger partial charge in [0, 0.05) is 0 Å². The minimum atomic E-state index is -1.55. The van der Waals surface area contributed by atoms with Gasteiger partial charge in [0.25, 0.3) is 0 Å². The van der Waals surface area contributed by atoms with Crippen LogP contribution in [0.1, 0.15) is 11.1 Å². The zero-order valence-corrected chi connectivity index (χ0v) is 10.6. The van der Waals surface area contributed by atoms with Crippen molar-refractivity contribution < 1.29 is 9.47 Å². The molecule has 0 atom stereocenters. The van der Waals surface area contributed by atoms with Crippen molar-refractivity contribution in [3.8, 4) is 11.5 Å². The lowest BCUT2D eigenvalue weighted by molar-refractivity contribution is 0.129. The molecule has 82 valence electrons. The summed E-state index contributed by atoms with van der Waals surface area (Å²) in [5.41, 5.74) is 6.70. The Labute approximate surface area is 127 Å². The third-order valence-corrected chi connectivity index (χ3v) is 3.85. The van der Waals surface area contributed by atoms with E-state index in [1.807, 2.05) is 0 Å². The monoisotopic (exact) mass is 247 g/mol. The second-order valence-electron chi connectivity index (χ2n) is 5.18. The van der Waals surface area contributed by atoms with Crippen LogP contribution in [0.2, 0.25) is 0 Å². The Hall–Kier alpha value is -0.765. The SMILES string of the molecule is [B]c1c2c(c([B])c3c1C([B])([B])C(N)C3([B])[B])OC([B])O2. The van der Waals surface area contributed by atoms with Crippen LogP contribution in [0.15, 0.2) is 0 Å². The summed E-state index contributed by atoms with van der Waals surface area (Å²) in [7, 11) is 41.8. The summed E-state index contributed by atoms with van der Waals surface area (Å²) in [6, 6.07) is -0.995. The largest absolute Gasteiger partial charge is 0.462 e. The van der Waals surface area contributed by atoms with E-state index in [0.717, 1.165) is 0 Å². The number of hydrogen-bond acceptors (Lipinski definition) is 3. The summed E-state index contributed by atoms with van der Waals surface area (Å²) < 4.78 is 10.5. The molecular formula is C10H4B7NO2. The lowest BCUT2D eigenvalue weighted by atomic mass is 9.41. The maximum Gasteiger partial charge on any atom is 0.189 e. The van der Waals surface area contributed by atoms with Crippen molar-refractivity contribution >= 4 is 65.8 Å². The van der Waals surface area contributed by atoms with Crippen LogP contribution in [0.25, 0.3) is 0 Å². The quantitative estimate of drug-likeness (QED) is 0.472. The van der Waals surface area contributed by atoms with Gasteiger partial charge in [0.2, 0.25) is 0 Å². The van der Waals surface area contributed by atoms with Crippen molar-refractivity contribution in [1.82, 2.24) is 0 Å². The molecule has 1 aromatic rings. The molecule has 1 aliphatic heterocycles. The van der Waals surface area contributed by atoms with Crippen molar-refractivity contribution in [2.45, 2.75) is 22.7 Å². The molecule has 3 rings (SSSR count). The molecule has 0 spiro atoms. The maximum atomic E-state index is 6.04. The highest BCUT2D eigenvalue weighted by atomic mass is 16.7. The Morgan fingerprint density at radius 1 is 0.850 bits per heavy atom. The van der Waals surface area contributed by atoms with E-state index in [1.54, 1.807) is 0 Å². The zero-order valence-electron chi connectivity index (χ0n) is 10.6. The Kier molecular flexibility index (Phi) is 2.77. The van der Waals surface area contributed by atoms with Crippen molar-refractivity contribution in [2.24, 2.45) is 5.73 Å². The van der Waals surface area contributed by atoms with E-state index in [2.05, 4.69) is 0 Å². The van der Waals surface area contributed by atoms with E-state index in [-0.39, 0.29) is 33.6 Å². The third-order valence-electron chi connectivity index (χ3n) is 3.85. The van der Waals surface area contributed by atoms with Gasteiger partial charge in [-0.2, -0.15) is 0 Å². The van der Waals surface area contributed by atoms with Gasteiger partial charge in [-0.25, -0.2) is 0 Å². The molecule has 0 amide bonds. The Morgan fingerprint density at radius 2 is 1.20 bits per heavy atom. The standard InChI is InChI=1S/C10H4B7NO2/c11-3-1-2(10(16,17)7(18)9(1,14)15)4(12)6-5(3)19-8(13)20-6/h7-8H,18H2. The van der Waals surface area contributed by atoms with Gasteiger partial charge in [0.1, 0.15) is 15.7 Å². The number of benzene rings is 1. The third kappa shape index (κ3) is 1.49. The Balaban J connectivity index is 2.39. The second kappa shape index (κ2) is 3.91. The molecule has 0 unspecified atom stereocenters. The molecule has 2 N–H and O–H groups in total. The van der Waals surface area contributed by atoms with E-state index in [1.165, 1.54) is 0 Å². The summed E-state index contributed by atoms with van der Waals surface area (Å²) in [6.45, 7) is 0. The first kappa shape index (κ1) is 14.2. The van der Waals surface area contributed by atoms with Crippen LogP contribution >= 0.6 is 0 Å². The highest BCUT2D eigenvalue weighted by Gasteiger charge is 2.50. The van der Waals surface area contributed by atoms with Crippen LogP contribution in [-0.2, 0) is 10.4 Å². The normalized spacial score (nSPS) is 22.9. The van der Waals surface area contributed by atoms with Crippen LogP contribution < -0.4 is 26.1 Å². The molecular weight excluding hydrogens is 242 g/mol. The topological polar surface area (TPSA) is 44.5 Å². The van der Waals surface area contributed by atoms with Gasteiger partial charge in [-0.15, -0.1) is 0 Å². The fraction of sp³-hybridized carbons (Fsp3) is 0.400. The molecule has 0 saturated heterocycles. The van der Waals surface area contributed by atoms with Gasteiger partial charge < -0.3 is 15.2 Å². The van der Waals surface area contributed by atoms with Crippen LogP contribution in [0.3, 0.4) is 0 Å². The molecule has 20 heavy (non-hydrogen) atoms. The Bertz CT molecular complexity index is 567. The Morgan fingerprint density at radius 3 is 1.55 bits per heavy atom. The van der Waals surface area contributed by atoms with E-state index >= 15 is 0 Å². The van der Waals surface area contributed by atoms with Crippen LogP contribution in [0.5, 0.6) is 11.5 Å². The van der Waals surface area contributed by atoms with Gasteiger partial charge in [-0.3, -0.25) is 0 Å². The maximum absolute atomic E-state index is 6.04. The van der Waals surface area contributed by atoms with Crippen molar-refractivity contribution in [1.29, 1.82) is 0 Å². The molecule has 14 radical (unpaired) electrons. The zero-order chi connectivity index (χ0) is 15.0. The molecule has 0 bridgehead atoms. The van der Waals surface area contributed by atoms with E-state index in [4.69, 9.17) is 70.1 Å². The predicted octanol–water partition coefficient (Wildman–Crippen LogP) is -4.18. The smallest absolute Gasteiger partial charge is 0.189 e. The van der Waals surface area contributed by atoms with Crippen molar-refractivity contribution in [3.63, 3.8) is 0 Å². The molecule has 1 aromatic carbocycles. The number of hydrogen-bond donors (Lipinski definition) is 1. The molecule has 1 aliphatic carbocycles. The number of ether oxygens (including phenoxy) is 2. The van der Waals surface area contributed by atoms with Gasteiger partial charge in [-0.1, -0.05) is 21.6 Å². The van der Waals surface area contributed by atoms with Crippen LogP contribution in [0, 0.1) is 0 Å². The fourth-order valence-electron chi connectivity index (χ4n) is 2.84. The predicted molar refractivity (Wildman–Crippen MR) is 82.4 cm³/mol. The average Bonchev–Trinajstić information content (AvgIpc) is 2.79. The number of nitrogens with two attached hydrogens (primary N) is 1. The second-order valence-corrected chi connectivity index (χ2v) is 5.18. The molecule has 0 fully saturated rings. The van der Waals surface area contributed by atoms with Crippen molar-refractivity contribution in [3.05, 3.63) is 11.1 Å². The molecule has 1 heterocycles.